The predicted octanol–water partition coefficient (Wildman–Crippen LogP) is 2.73. The summed E-state index contributed by atoms with van der Waals surface area (Å²) in [7, 11) is 0. The summed E-state index contributed by atoms with van der Waals surface area (Å²) in [4.78, 5) is 27.9. The molecule has 3 rings (SSSR count). The van der Waals surface area contributed by atoms with Gasteiger partial charge < -0.3 is 24.5 Å². The van der Waals surface area contributed by atoms with Gasteiger partial charge in [0.1, 0.15) is 5.60 Å². The number of carbonyl (C=O) groups is 2. The first-order valence-corrected chi connectivity index (χ1v) is 10.2. The van der Waals surface area contributed by atoms with Gasteiger partial charge in [0.25, 0.3) is 0 Å². The lowest BCUT2D eigenvalue weighted by atomic mass is 10.0. The number of carbonyl (C=O) groups excluding carboxylic acids is 1. The molecular weight excluding hydrogens is 386 g/mol. The highest BCUT2D eigenvalue weighted by Gasteiger charge is 2.31. The van der Waals surface area contributed by atoms with Gasteiger partial charge >= 0.3 is 11.9 Å². The maximum absolute atomic E-state index is 12.3. The zero-order valence-electron chi connectivity index (χ0n) is 17.6. The van der Waals surface area contributed by atoms with Crippen LogP contribution in [0.1, 0.15) is 44.1 Å². The number of ether oxygens (including phenoxy) is 2. The van der Waals surface area contributed by atoms with Crippen LogP contribution in [-0.2, 0) is 20.8 Å². The molecule has 2 N–H and O–H groups in total. The van der Waals surface area contributed by atoms with Crippen molar-refractivity contribution in [2.45, 2.75) is 57.9 Å². The molecule has 2 aromatic rings. The first-order valence-electron chi connectivity index (χ1n) is 10.2. The molecule has 0 radical (unpaired) electrons. The minimum Gasteiger partial charge on any atom is -0.476 e. The smallest absolute Gasteiger partial charge is 0.356 e. The molecule has 1 aromatic heterocycles. The van der Waals surface area contributed by atoms with Crippen molar-refractivity contribution in [2.75, 3.05) is 13.2 Å². The Labute approximate surface area is 176 Å². The van der Waals surface area contributed by atoms with Crippen LogP contribution >= 0.6 is 0 Å². The van der Waals surface area contributed by atoms with E-state index in [0.29, 0.717) is 31.8 Å². The fourth-order valence-corrected chi connectivity index (χ4v) is 3.51. The van der Waals surface area contributed by atoms with Gasteiger partial charge in [-0.25, -0.2) is 14.6 Å². The lowest BCUT2D eigenvalue weighted by Gasteiger charge is -2.31. The molecule has 2 unspecified atom stereocenters. The molecule has 1 aromatic carbocycles. The molecule has 1 aliphatic heterocycles. The topological polar surface area (TPSA) is 103 Å². The molecule has 2 heterocycles. The summed E-state index contributed by atoms with van der Waals surface area (Å²) < 4.78 is 12.9. The van der Waals surface area contributed by atoms with E-state index in [1.807, 2.05) is 55.7 Å². The van der Waals surface area contributed by atoms with Gasteiger partial charge in [-0.3, -0.25) is 0 Å². The first kappa shape index (κ1) is 22.0. The molecule has 162 valence electrons. The first-order chi connectivity index (χ1) is 14.2. The number of hydrogen-bond acceptors (Lipinski definition) is 6. The van der Waals surface area contributed by atoms with E-state index in [9.17, 15) is 14.7 Å². The molecule has 8 heteroatoms. The van der Waals surface area contributed by atoms with Crippen LogP contribution in [0.4, 0.5) is 0 Å². The van der Waals surface area contributed by atoms with Crippen LogP contribution in [0.2, 0.25) is 0 Å². The molecule has 0 saturated carbocycles. The van der Waals surface area contributed by atoms with Gasteiger partial charge in [0, 0.05) is 31.3 Å². The zero-order valence-corrected chi connectivity index (χ0v) is 17.6. The molecular formula is C22H29N3O5. The Morgan fingerprint density at radius 2 is 2.03 bits per heavy atom. The van der Waals surface area contributed by atoms with Crippen LogP contribution in [0.15, 0.2) is 36.7 Å². The number of nitrogens with one attached hydrogen (secondary N) is 1. The fourth-order valence-electron chi connectivity index (χ4n) is 3.51. The number of benzene rings is 1. The van der Waals surface area contributed by atoms with Gasteiger partial charge in [-0.1, -0.05) is 30.3 Å². The minimum absolute atomic E-state index is 0.0391. The maximum Gasteiger partial charge on any atom is 0.356 e. The summed E-state index contributed by atoms with van der Waals surface area (Å²) in [5.41, 5.74) is 0.891. The predicted molar refractivity (Wildman–Crippen MR) is 111 cm³/mol. The Balaban J connectivity index is 1.60. The molecule has 1 fully saturated rings. The zero-order chi connectivity index (χ0) is 21.7. The third kappa shape index (κ3) is 5.67. The number of esters is 1. The normalized spacial score (nSPS) is 19.4. The Bertz CT molecular complexity index is 873. The summed E-state index contributed by atoms with van der Waals surface area (Å²) in [6.07, 6.45) is 2.34. The third-order valence-corrected chi connectivity index (χ3v) is 4.83. The number of aromatic nitrogens is 2. The molecule has 0 amide bonds. The molecule has 0 spiro atoms. The standard InChI is InChI=1S/C22H29N3O5/c1-22(2,3)30-21(28)17-13-16(9-12-29-17)23-10-11-25-14-24-18(20(26)27)19(25)15-7-5-4-6-8-15/h4-8,14,16-17,23H,9-13H2,1-3H3,(H,26,27). The van der Waals surface area contributed by atoms with Crippen LogP contribution in [0.5, 0.6) is 0 Å². The Kier molecular flexibility index (Phi) is 6.89. The van der Waals surface area contributed by atoms with E-state index in [2.05, 4.69) is 10.3 Å². The lowest BCUT2D eigenvalue weighted by Crippen LogP contribution is -2.44. The van der Waals surface area contributed by atoms with Crippen LogP contribution in [0.3, 0.4) is 0 Å². The second-order valence-electron chi connectivity index (χ2n) is 8.37. The monoisotopic (exact) mass is 415 g/mol. The van der Waals surface area contributed by atoms with Crippen molar-refractivity contribution in [1.29, 1.82) is 0 Å². The average molecular weight is 415 g/mol. The van der Waals surface area contributed by atoms with E-state index < -0.39 is 17.7 Å². The van der Waals surface area contributed by atoms with E-state index in [1.165, 1.54) is 0 Å². The van der Waals surface area contributed by atoms with E-state index in [0.717, 1.165) is 12.0 Å². The molecule has 8 nitrogen and oxygen atoms in total. The number of hydrogen-bond donors (Lipinski definition) is 2. The maximum atomic E-state index is 12.3. The second-order valence-corrected chi connectivity index (χ2v) is 8.37. The number of carboxylic acid groups (broad SMARTS) is 1. The molecule has 1 aliphatic rings. The third-order valence-electron chi connectivity index (χ3n) is 4.83. The summed E-state index contributed by atoms with van der Waals surface area (Å²) in [6.45, 7) is 7.17. The average Bonchev–Trinajstić information content (AvgIpc) is 3.12. The van der Waals surface area contributed by atoms with Crippen LogP contribution in [-0.4, -0.2) is 57.5 Å². The molecule has 1 saturated heterocycles. The molecule has 2 atom stereocenters. The van der Waals surface area contributed by atoms with Gasteiger partial charge in [-0.15, -0.1) is 0 Å². The summed E-state index contributed by atoms with van der Waals surface area (Å²) >= 11 is 0. The van der Waals surface area contributed by atoms with Gasteiger partial charge in [-0.05, 0) is 33.6 Å². The minimum atomic E-state index is -1.05. The Morgan fingerprint density at radius 1 is 1.30 bits per heavy atom. The van der Waals surface area contributed by atoms with E-state index >= 15 is 0 Å². The Hall–Kier alpha value is -2.71. The number of aromatic carboxylic acids is 1. The summed E-state index contributed by atoms with van der Waals surface area (Å²) in [5.74, 6) is -1.38. The molecule has 0 aliphatic carbocycles. The van der Waals surface area contributed by atoms with Gasteiger partial charge in [0.05, 0.1) is 12.0 Å². The van der Waals surface area contributed by atoms with Crippen molar-refractivity contribution in [3.05, 3.63) is 42.4 Å². The largest absolute Gasteiger partial charge is 0.476 e. The Morgan fingerprint density at radius 3 is 2.70 bits per heavy atom. The van der Waals surface area contributed by atoms with Crippen molar-refractivity contribution in [3.63, 3.8) is 0 Å². The van der Waals surface area contributed by atoms with E-state index in [-0.39, 0.29) is 17.7 Å². The fraction of sp³-hybridized carbons (Fsp3) is 0.500. The second kappa shape index (κ2) is 9.40. The highest BCUT2D eigenvalue weighted by molar-refractivity contribution is 5.93. The van der Waals surface area contributed by atoms with Crippen molar-refractivity contribution in [3.8, 4) is 11.3 Å². The summed E-state index contributed by atoms with van der Waals surface area (Å²) in [5, 5.41) is 12.9. The highest BCUT2D eigenvalue weighted by atomic mass is 16.6. The van der Waals surface area contributed by atoms with Gasteiger partial charge in [0.2, 0.25) is 0 Å². The summed E-state index contributed by atoms with van der Waals surface area (Å²) in [6, 6.07) is 9.50. The van der Waals surface area contributed by atoms with Crippen molar-refractivity contribution in [1.82, 2.24) is 14.9 Å². The van der Waals surface area contributed by atoms with Gasteiger partial charge in [0.15, 0.2) is 11.8 Å². The van der Waals surface area contributed by atoms with Gasteiger partial charge in [-0.2, -0.15) is 0 Å². The van der Waals surface area contributed by atoms with Crippen LogP contribution in [0.25, 0.3) is 11.3 Å². The van der Waals surface area contributed by atoms with Crippen LogP contribution < -0.4 is 5.32 Å². The van der Waals surface area contributed by atoms with Crippen molar-refractivity contribution < 1.29 is 24.2 Å². The quantitative estimate of drug-likeness (QED) is 0.670. The SMILES string of the molecule is CC(C)(C)OC(=O)C1CC(NCCn2cnc(C(=O)O)c2-c2ccccc2)CCO1. The van der Waals surface area contributed by atoms with E-state index in [4.69, 9.17) is 9.47 Å². The number of rotatable bonds is 7. The van der Waals surface area contributed by atoms with Crippen LogP contribution in [0, 0.1) is 0 Å². The number of carboxylic acids is 1. The number of imidazole rings is 1. The highest BCUT2D eigenvalue weighted by Crippen LogP contribution is 2.23. The lowest BCUT2D eigenvalue weighted by molar-refractivity contribution is -0.172. The van der Waals surface area contributed by atoms with Crippen molar-refractivity contribution in [2.24, 2.45) is 0 Å². The van der Waals surface area contributed by atoms with Crippen molar-refractivity contribution >= 4 is 11.9 Å². The molecule has 0 bridgehead atoms. The molecule has 30 heavy (non-hydrogen) atoms. The number of nitrogens with zero attached hydrogens (tertiary/aromatic N) is 2. The van der Waals surface area contributed by atoms with E-state index in [1.54, 1.807) is 6.33 Å².